The van der Waals surface area contributed by atoms with Gasteiger partial charge in [-0.25, -0.2) is 0 Å². The molecular formula is C18H22FN3O. The first kappa shape index (κ1) is 14.7. The second kappa shape index (κ2) is 5.34. The second-order valence-corrected chi connectivity index (χ2v) is 6.95. The summed E-state index contributed by atoms with van der Waals surface area (Å²) in [6.07, 6.45) is 5.47. The van der Waals surface area contributed by atoms with Crippen molar-refractivity contribution in [2.45, 2.75) is 50.2 Å². The van der Waals surface area contributed by atoms with Gasteiger partial charge in [-0.15, -0.1) is 0 Å². The predicted molar refractivity (Wildman–Crippen MR) is 87.9 cm³/mol. The number of carbonyl (C=O) groups is 1. The van der Waals surface area contributed by atoms with Crippen LogP contribution < -0.4 is 5.73 Å². The molecule has 1 aromatic heterocycles. The van der Waals surface area contributed by atoms with E-state index in [0.29, 0.717) is 17.5 Å². The first-order valence-corrected chi connectivity index (χ1v) is 8.38. The van der Waals surface area contributed by atoms with E-state index in [1.807, 2.05) is 18.2 Å². The molecule has 122 valence electrons. The van der Waals surface area contributed by atoms with Crippen LogP contribution in [0.4, 0.5) is 4.39 Å². The summed E-state index contributed by atoms with van der Waals surface area (Å²) in [6.45, 7) is 0. The van der Waals surface area contributed by atoms with E-state index >= 15 is 4.39 Å². The van der Waals surface area contributed by atoms with Crippen LogP contribution in [-0.2, 0) is 0 Å². The lowest BCUT2D eigenvalue weighted by molar-refractivity contribution is 0.0385. The Balaban J connectivity index is 1.83. The zero-order valence-electron chi connectivity index (χ0n) is 13.3. The van der Waals surface area contributed by atoms with Gasteiger partial charge in [0, 0.05) is 23.5 Å². The highest BCUT2D eigenvalue weighted by molar-refractivity contribution is 6.06. The number of benzene rings is 1. The third kappa shape index (κ3) is 2.17. The van der Waals surface area contributed by atoms with Crippen molar-refractivity contribution in [3.05, 3.63) is 35.8 Å². The molecule has 2 atom stereocenters. The number of carbonyl (C=O) groups excluding carboxylic acids is 1. The summed E-state index contributed by atoms with van der Waals surface area (Å²) in [6, 6.07) is 8.49. The van der Waals surface area contributed by atoms with E-state index in [0.717, 1.165) is 18.4 Å². The largest absolute Gasteiger partial charge is 0.365 e. The van der Waals surface area contributed by atoms with Gasteiger partial charge < -0.3 is 15.2 Å². The molecular weight excluding hydrogens is 293 g/mol. The molecule has 2 fully saturated rings. The first-order chi connectivity index (χ1) is 11.1. The van der Waals surface area contributed by atoms with Crippen LogP contribution in [0.2, 0.25) is 0 Å². The molecule has 4 rings (SSSR count). The number of nitrogens with zero attached hydrogens (tertiary/aromatic N) is 2. The van der Waals surface area contributed by atoms with Crippen molar-refractivity contribution in [3.8, 4) is 0 Å². The van der Waals surface area contributed by atoms with Crippen LogP contribution in [0.1, 0.15) is 48.5 Å². The summed E-state index contributed by atoms with van der Waals surface area (Å²) in [7, 11) is 2.18. The molecule has 1 amide bonds. The van der Waals surface area contributed by atoms with E-state index in [9.17, 15) is 4.79 Å². The minimum absolute atomic E-state index is 0.0321. The molecule has 4 nitrogen and oxygen atoms in total. The van der Waals surface area contributed by atoms with Crippen LogP contribution in [-0.4, -0.2) is 34.5 Å². The normalized spacial score (nSPS) is 28.2. The highest BCUT2D eigenvalue weighted by Crippen LogP contribution is 2.41. The predicted octanol–water partition coefficient (Wildman–Crippen LogP) is 3.07. The van der Waals surface area contributed by atoms with Gasteiger partial charge in [0.15, 0.2) is 0 Å². The van der Waals surface area contributed by atoms with E-state index < -0.39 is 11.9 Å². The van der Waals surface area contributed by atoms with Crippen LogP contribution in [0.15, 0.2) is 24.3 Å². The molecule has 2 aromatic rings. The monoisotopic (exact) mass is 315 g/mol. The van der Waals surface area contributed by atoms with Crippen molar-refractivity contribution in [1.29, 1.82) is 0 Å². The number of rotatable bonds is 2. The Morgan fingerprint density at radius 1 is 1.17 bits per heavy atom. The number of halogens is 1. The number of fused-ring (bicyclic) bond motifs is 3. The summed E-state index contributed by atoms with van der Waals surface area (Å²) in [5.41, 5.74) is 6.25. The fraction of sp³-hybridized carbons (Fsp3) is 0.500. The van der Waals surface area contributed by atoms with Crippen LogP contribution in [0, 0.1) is 5.95 Å². The standard InChI is InChI=1S/C18H22FN3O/c1-21-11-5-4-6-12(21)10-13(9-11)22-15-8-3-2-7-14(15)16(17(22)19)18(20)23/h2-3,7-8,11-13H,4-6,9-10H2,1H3,(H2,20,23). The minimum atomic E-state index is -0.689. The second-order valence-electron chi connectivity index (χ2n) is 6.95. The van der Waals surface area contributed by atoms with Gasteiger partial charge in [0.2, 0.25) is 5.95 Å². The Hall–Kier alpha value is -1.88. The molecule has 2 N–H and O–H groups in total. The molecule has 2 bridgehead atoms. The molecule has 0 aliphatic carbocycles. The molecule has 0 saturated carbocycles. The van der Waals surface area contributed by atoms with E-state index in [1.165, 1.54) is 19.3 Å². The van der Waals surface area contributed by atoms with Gasteiger partial charge in [0.1, 0.15) is 5.56 Å². The Bertz CT molecular complexity index is 755. The van der Waals surface area contributed by atoms with Crippen molar-refractivity contribution < 1.29 is 9.18 Å². The van der Waals surface area contributed by atoms with Gasteiger partial charge in [-0.3, -0.25) is 4.79 Å². The molecule has 3 heterocycles. The summed E-state index contributed by atoms with van der Waals surface area (Å²) in [4.78, 5) is 14.2. The van der Waals surface area contributed by atoms with Crippen LogP contribution in [0.25, 0.3) is 10.9 Å². The highest BCUT2D eigenvalue weighted by Gasteiger charge is 2.38. The summed E-state index contributed by atoms with van der Waals surface area (Å²) < 4.78 is 16.8. The molecule has 23 heavy (non-hydrogen) atoms. The summed E-state index contributed by atoms with van der Waals surface area (Å²) in [5, 5.41) is 0.626. The van der Waals surface area contributed by atoms with Crippen LogP contribution in [0.5, 0.6) is 0 Å². The molecule has 0 spiro atoms. The zero-order chi connectivity index (χ0) is 16.1. The quantitative estimate of drug-likeness (QED) is 0.926. The third-order valence-corrected chi connectivity index (χ3v) is 5.78. The van der Waals surface area contributed by atoms with Gasteiger partial charge in [-0.1, -0.05) is 24.6 Å². The van der Waals surface area contributed by atoms with E-state index in [2.05, 4.69) is 11.9 Å². The van der Waals surface area contributed by atoms with Gasteiger partial charge in [-0.2, -0.15) is 4.39 Å². The maximum Gasteiger partial charge on any atom is 0.253 e. The third-order valence-electron chi connectivity index (χ3n) is 5.78. The van der Waals surface area contributed by atoms with Crippen molar-refractivity contribution >= 4 is 16.8 Å². The van der Waals surface area contributed by atoms with Gasteiger partial charge >= 0.3 is 0 Å². The van der Waals surface area contributed by atoms with Crippen LogP contribution in [0.3, 0.4) is 0 Å². The zero-order valence-corrected chi connectivity index (χ0v) is 13.3. The van der Waals surface area contributed by atoms with Crippen molar-refractivity contribution in [2.75, 3.05) is 7.05 Å². The maximum atomic E-state index is 15.0. The molecule has 1 aromatic carbocycles. The van der Waals surface area contributed by atoms with Crippen LogP contribution >= 0.6 is 0 Å². The Morgan fingerprint density at radius 2 is 1.83 bits per heavy atom. The van der Waals surface area contributed by atoms with E-state index in [-0.39, 0.29) is 11.6 Å². The van der Waals surface area contributed by atoms with Crippen molar-refractivity contribution in [3.63, 3.8) is 0 Å². The highest BCUT2D eigenvalue weighted by atomic mass is 19.1. The molecule has 2 saturated heterocycles. The number of hydrogen-bond acceptors (Lipinski definition) is 2. The summed E-state index contributed by atoms with van der Waals surface area (Å²) >= 11 is 0. The van der Waals surface area contributed by atoms with Gasteiger partial charge in [0.25, 0.3) is 5.91 Å². The minimum Gasteiger partial charge on any atom is -0.365 e. The first-order valence-electron chi connectivity index (χ1n) is 8.38. The summed E-state index contributed by atoms with van der Waals surface area (Å²) in [5.74, 6) is -1.16. The Morgan fingerprint density at radius 3 is 2.48 bits per heavy atom. The molecule has 5 heteroatoms. The number of nitrogens with two attached hydrogens (primary N) is 1. The molecule has 2 aliphatic rings. The number of aromatic nitrogens is 1. The van der Waals surface area contributed by atoms with Crippen molar-refractivity contribution in [1.82, 2.24) is 9.47 Å². The van der Waals surface area contributed by atoms with E-state index in [4.69, 9.17) is 5.73 Å². The smallest absolute Gasteiger partial charge is 0.253 e. The molecule has 2 unspecified atom stereocenters. The average Bonchev–Trinajstić information content (AvgIpc) is 2.79. The molecule has 2 aliphatic heterocycles. The van der Waals surface area contributed by atoms with Crippen molar-refractivity contribution in [2.24, 2.45) is 5.73 Å². The number of piperidine rings is 2. The number of amides is 1. The SMILES string of the molecule is CN1C2CCCC1CC(n1c(F)c(C(N)=O)c3ccccc31)C2. The number of primary amides is 1. The lowest BCUT2D eigenvalue weighted by Gasteiger charge is -2.47. The number of hydrogen-bond donors (Lipinski definition) is 1. The lowest BCUT2D eigenvalue weighted by Crippen LogP contribution is -2.50. The average molecular weight is 315 g/mol. The fourth-order valence-corrected chi connectivity index (χ4v) is 4.62. The van der Waals surface area contributed by atoms with E-state index in [1.54, 1.807) is 10.6 Å². The van der Waals surface area contributed by atoms with Gasteiger partial charge in [-0.05, 0) is 38.8 Å². The van der Waals surface area contributed by atoms with Gasteiger partial charge in [0.05, 0.1) is 5.52 Å². The lowest BCUT2D eigenvalue weighted by atomic mass is 9.82. The number of para-hydroxylation sites is 1. The molecule has 0 radical (unpaired) electrons. The maximum absolute atomic E-state index is 15.0. The fourth-order valence-electron chi connectivity index (χ4n) is 4.62. The topological polar surface area (TPSA) is 51.3 Å². The Labute approximate surface area is 135 Å². The Kier molecular flexibility index (Phi) is 3.41.